The van der Waals surface area contributed by atoms with Crippen molar-refractivity contribution in [3.05, 3.63) is 87.4 Å². The van der Waals surface area contributed by atoms with E-state index in [1.165, 1.54) is 11.1 Å². The number of benzene rings is 3. The molecule has 188 valence electrons. The molecule has 6 nitrogen and oxygen atoms in total. The number of carbonyl (C=O) groups excluding carboxylic acids is 1. The standard InChI is InChI=1S/C30H28BrN3O3/c1-19-3-4-20(2)23(13-19)27-16-25(24-15-22(31)6-7-26(24)32-27)30(35)34-11-9-33(10-12-34)17-21-5-8-28-29(14-21)37-18-36-28/h3-8,13-16H,9-12,17-18H2,1-2H3. The van der Waals surface area contributed by atoms with Gasteiger partial charge >= 0.3 is 0 Å². The Balaban J connectivity index is 1.25. The molecule has 0 unspecified atom stereocenters. The van der Waals surface area contributed by atoms with E-state index in [1.807, 2.05) is 35.2 Å². The molecule has 7 heteroatoms. The Bertz CT molecular complexity index is 1510. The fraction of sp³-hybridized carbons (Fsp3) is 0.267. The van der Waals surface area contributed by atoms with Gasteiger partial charge in [0.2, 0.25) is 6.79 Å². The van der Waals surface area contributed by atoms with Crippen LogP contribution in [0.2, 0.25) is 0 Å². The van der Waals surface area contributed by atoms with Crippen LogP contribution in [0.15, 0.2) is 65.1 Å². The number of amides is 1. The summed E-state index contributed by atoms with van der Waals surface area (Å²) < 4.78 is 11.9. The number of aryl methyl sites for hydroxylation is 2. The van der Waals surface area contributed by atoms with Crippen LogP contribution in [0.1, 0.15) is 27.0 Å². The van der Waals surface area contributed by atoms with Crippen LogP contribution in [0.5, 0.6) is 11.5 Å². The number of piperazine rings is 1. The van der Waals surface area contributed by atoms with Crippen LogP contribution in [-0.4, -0.2) is 53.7 Å². The van der Waals surface area contributed by atoms with Gasteiger partial charge in [-0.2, -0.15) is 0 Å². The van der Waals surface area contributed by atoms with Crippen LogP contribution in [0, 0.1) is 13.8 Å². The van der Waals surface area contributed by atoms with Gasteiger partial charge in [-0.1, -0.05) is 39.7 Å². The highest BCUT2D eigenvalue weighted by Crippen LogP contribution is 2.33. The molecule has 2 aliphatic heterocycles. The molecule has 1 fully saturated rings. The highest BCUT2D eigenvalue weighted by molar-refractivity contribution is 9.10. The third-order valence-electron chi connectivity index (χ3n) is 7.17. The molecule has 2 aliphatic rings. The van der Waals surface area contributed by atoms with Crippen molar-refractivity contribution in [2.24, 2.45) is 0 Å². The average Bonchev–Trinajstić information content (AvgIpc) is 3.37. The van der Waals surface area contributed by atoms with Crippen LogP contribution in [0.3, 0.4) is 0 Å². The first-order chi connectivity index (χ1) is 17.9. The van der Waals surface area contributed by atoms with Crippen LogP contribution >= 0.6 is 15.9 Å². The zero-order chi connectivity index (χ0) is 25.5. The van der Waals surface area contributed by atoms with Crippen molar-refractivity contribution in [3.63, 3.8) is 0 Å². The minimum atomic E-state index is 0.0554. The largest absolute Gasteiger partial charge is 0.454 e. The number of aromatic nitrogens is 1. The summed E-state index contributed by atoms with van der Waals surface area (Å²) in [6.07, 6.45) is 0. The lowest BCUT2D eigenvalue weighted by Gasteiger charge is -2.35. The van der Waals surface area contributed by atoms with E-state index in [0.29, 0.717) is 18.7 Å². The van der Waals surface area contributed by atoms with Crippen LogP contribution in [0.4, 0.5) is 0 Å². The molecule has 0 N–H and O–H groups in total. The van der Waals surface area contributed by atoms with E-state index in [0.717, 1.165) is 63.3 Å². The second-order valence-electron chi connectivity index (χ2n) is 9.79. The van der Waals surface area contributed by atoms with Crippen molar-refractivity contribution in [2.75, 3.05) is 33.0 Å². The monoisotopic (exact) mass is 557 g/mol. The molecule has 1 amide bonds. The van der Waals surface area contributed by atoms with Gasteiger partial charge in [0, 0.05) is 48.1 Å². The first kappa shape index (κ1) is 23.9. The first-order valence-corrected chi connectivity index (χ1v) is 13.3. The number of hydrogen-bond acceptors (Lipinski definition) is 5. The molecule has 0 saturated carbocycles. The Morgan fingerprint density at radius 2 is 1.73 bits per heavy atom. The van der Waals surface area contributed by atoms with E-state index in [1.54, 1.807) is 0 Å². The van der Waals surface area contributed by atoms with Crippen LogP contribution in [-0.2, 0) is 6.54 Å². The summed E-state index contributed by atoms with van der Waals surface area (Å²) >= 11 is 3.58. The number of nitrogens with zero attached hydrogens (tertiary/aromatic N) is 3. The van der Waals surface area contributed by atoms with Crippen LogP contribution in [0.25, 0.3) is 22.2 Å². The number of halogens is 1. The molecule has 3 heterocycles. The van der Waals surface area contributed by atoms with Gasteiger partial charge in [-0.05, 0) is 67.4 Å². The second-order valence-corrected chi connectivity index (χ2v) is 10.7. The Hall–Kier alpha value is -3.42. The fourth-order valence-corrected chi connectivity index (χ4v) is 5.46. The summed E-state index contributed by atoms with van der Waals surface area (Å²) in [5.74, 6) is 1.66. The summed E-state index contributed by atoms with van der Waals surface area (Å²) in [5, 5.41) is 0.872. The van der Waals surface area contributed by atoms with E-state index in [4.69, 9.17) is 14.5 Å². The molecule has 0 spiro atoms. The van der Waals surface area contributed by atoms with E-state index in [2.05, 4.69) is 65.0 Å². The molecule has 3 aromatic carbocycles. The van der Waals surface area contributed by atoms with Gasteiger partial charge in [-0.3, -0.25) is 9.69 Å². The lowest BCUT2D eigenvalue weighted by molar-refractivity contribution is 0.0630. The summed E-state index contributed by atoms with van der Waals surface area (Å²) in [7, 11) is 0. The molecular formula is C30H28BrN3O3. The third-order valence-corrected chi connectivity index (χ3v) is 7.67. The first-order valence-electron chi connectivity index (χ1n) is 12.5. The predicted octanol–water partition coefficient (Wildman–Crippen LogP) is 5.97. The second kappa shape index (κ2) is 9.80. The van der Waals surface area contributed by atoms with E-state index < -0.39 is 0 Å². The Morgan fingerprint density at radius 3 is 2.57 bits per heavy atom. The number of pyridine rings is 1. The highest BCUT2D eigenvalue weighted by Gasteiger charge is 2.25. The maximum Gasteiger partial charge on any atom is 0.254 e. The minimum absolute atomic E-state index is 0.0554. The van der Waals surface area contributed by atoms with Crippen molar-refractivity contribution in [1.29, 1.82) is 0 Å². The third kappa shape index (κ3) is 4.81. The molecule has 1 saturated heterocycles. The van der Waals surface area contributed by atoms with Crippen molar-refractivity contribution < 1.29 is 14.3 Å². The van der Waals surface area contributed by atoms with Gasteiger partial charge in [-0.15, -0.1) is 0 Å². The van der Waals surface area contributed by atoms with E-state index in [9.17, 15) is 4.79 Å². The van der Waals surface area contributed by atoms with Gasteiger partial charge < -0.3 is 14.4 Å². The molecular weight excluding hydrogens is 530 g/mol. The maximum absolute atomic E-state index is 13.9. The van der Waals surface area contributed by atoms with E-state index >= 15 is 0 Å². The minimum Gasteiger partial charge on any atom is -0.454 e. The maximum atomic E-state index is 13.9. The molecule has 0 radical (unpaired) electrons. The Morgan fingerprint density at radius 1 is 0.919 bits per heavy atom. The van der Waals surface area contributed by atoms with Crippen LogP contribution < -0.4 is 9.47 Å². The van der Waals surface area contributed by atoms with Crippen molar-refractivity contribution in [3.8, 4) is 22.8 Å². The topological polar surface area (TPSA) is 54.9 Å². The molecule has 6 rings (SSSR count). The summed E-state index contributed by atoms with van der Waals surface area (Å²) in [6.45, 7) is 8.26. The normalized spacial score (nSPS) is 15.4. The van der Waals surface area contributed by atoms with Gasteiger partial charge in [0.15, 0.2) is 11.5 Å². The van der Waals surface area contributed by atoms with Gasteiger partial charge in [0.1, 0.15) is 0 Å². The fourth-order valence-electron chi connectivity index (χ4n) is 5.10. The van der Waals surface area contributed by atoms with Crippen molar-refractivity contribution in [1.82, 2.24) is 14.8 Å². The lowest BCUT2D eigenvalue weighted by atomic mass is 9.98. The van der Waals surface area contributed by atoms with Crippen molar-refractivity contribution in [2.45, 2.75) is 20.4 Å². The molecule has 0 bridgehead atoms. The zero-order valence-corrected chi connectivity index (χ0v) is 22.5. The average molecular weight is 558 g/mol. The predicted molar refractivity (Wildman–Crippen MR) is 148 cm³/mol. The molecule has 37 heavy (non-hydrogen) atoms. The SMILES string of the molecule is Cc1ccc(C)c(-c2cc(C(=O)N3CCN(Cc4ccc5c(c4)OCO5)CC3)c3cc(Br)ccc3n2)c1. The molecule has 1 aromatic heterocycles. The number of fused-ring (bicyclic) bond motifs is 2. The van der Waals surface area contributed by atoms with Crippen molar-refractivity contribution >= 4 is 32.7 Å². The Labute approximate surface area is 224 Å². The summed E-state index contributed by atoms with van der Waals surface area (Å²) in [5.41, 5.74) is 6.92. The molecule has 0 aliphatic carbocycles. The smallest absolute Gasteiger partial charge is 0.254 e. The molecule has 4 aromatic rings. The quantitative estimate of drug-likeness (QED) is 0.309. The number of hydrogen-bond donors (Lipinski definition) is 0. The number of carbonyl (C=O) groups is 1. The number of ether oxygens (including phenoxy) is 2. The molecule has 0 atom stereocenters. The van der Waals surface area contributed by atoms with Gasteiger partial charge in [-0.25, -0.2) is 4.98 Å². The summed E-state index contributed by atoms with van der Waals surface area (Å²) in [6, 6.07) is 20.4. The van der Waals surface area contributed by atoms with Gasteiger partial charge in [0.25, 0.3) is 5.91 Å². The summed E-state index contributed by atoms with van der Waals surface area (Å²) in [4.78, 5) is 23.2. The van der Waals surface area contributed by atoms with Gasteiger partial charge in [0.05, 0.1) is 16.8 Å². The zero-order valence-electron chi connectivity index (χ0n) is 21.0. The lowest BCUT2D eigenvalue weighted by Crippen LogP contribution is -2.48. The Kier molecular flexibility index (Phi) is 6.34. The number of rotatable bonds is 4. The van der Waals surface area contributed by atoms with E-state index in [-0.39, 0.29) is 12.7 Å². The highest BCUT2D eigenvalue weighted by atomic mass is 79.9.